The van der Waals surface area contributed by atoms with Gasteiger partial charge < -0.3 is 10.6 Å². The van der Waals surface area contributed by atoms with Crippen molar-refractivity contribution in [3.8, 4) is 0 Å². The molecule has 0 aromatic heterocycles. The number of sulfonamides is 1. The first-order chi connectivity index (χ1) is 9.90. The van der Waals surface area contributed by atoms with E-state index in [9.17, 15) is 8.42 Å². The second-order valence-electron chi connectivity index (χ2n) is 4.61. The lowest BCUT2D eigenvalue weighted by Gasteiger charge is -2.11. The molecule has 0 radical (unpaired) electrons. The maximum Gasteiger partial charge on any atom is 0.242 e. The van der Waals surface area contributed by atoms with Gasteiger partial charge in [-0.2, -0.15) is 0 Å². The summed E-state index contributed by atoms with van der Waals surface area (Å²) in [4.78, 5) is 4.19. The molecule has 1 aliphatic rings. The minimum atomic E-state index is -3.69. The smallest absolute Gasteiger partial charge is 0.242 e. The first-order valence-electron chi connectivity index (χ1n) is 6.38. The number of nitrogens with zero attached hydrogens (tertiary/aromatic N) is 1. The molecule has 0 aliphatic carbocycles. The van der Waals surface area contributed by atoms with Crippen LogP contribution >= 0.6 is 23.2 Å². The molecule has 3 N–H and O–H groups in total. The second-order valence-corrected chi connectivity index (χ2v) is 7.13. The lowest BCUT2D eigenvalue weighted by molar-refractivity contribution is 0.580. The lowest BCUT2D eigenvalue weighted by atomic mass is 10.4. The molecule has 0 fully saturated rings. The molecule has 0 spiro atoms. The van der Waals surface area contributed by atoms with Gasteiger partial charge >= 0.3 is 0 Å². The molecule has 1 atom stereocenters. The van der Waals surface area contributed by atoms with Crippen molar-refractivity contribution in [2.45, 2.75) is 17.9 Å². The summed E-state index contributed by atoms with van der Waals surface area (Å²) in [6.45, 7) is 3.35. The molecule has 0 saturated heterocycles. The van der Waals surface area contributed by atoms with Gasteiger partial charge in [-0.05, 0) is 19.1 Å². The SMILES string of the molecule is CC1CN=C(NCCNS(=O)(=O)c2cccc(Cl)c2Cl)N1. The van der Waals surface area contributed by atoms with Crippen LogP contribution in [0.2, 0.25) is 10.0 Å². The summed E-state index contributed by atoms with van der Waals surface area (Å²) in [6, 6.07) is 4.79. The zero-order chi connectivity index (χ0) is 15.5. The average molecular weight is 351 g/mol. The summed E-state index contributed by atoms with van der Waals surface area (Å²) in [5.74, 6) is 0.683. The van der Waals surface area contributed by atoms with E-state index in [0.717, 1.165) is 0 Å². The average Bonchev–Trinajstić information content (AvgIpc) is 2.83. The fraction of sp³-hybridized carbons (Fsp3) is 0.417. The second kappa shape index (κ2) is 6.83. The summed E-state index contributed by atoms with van der Waals surface area (Å²) < 4.78 is 26.7. The Morgan fingerprint density at radius 1 is 1.38 bits per heavy atom. The fourth-order valence-corrected chi connectivity index (χ4v) is 3.59. The highest BCUT2D eigenvalue weighted by Gasteiger charge is 2.19. The Kier molecular flexibility index (Phi) is 5.32. The van der Waals surface area contributed by atoms with Gasteiger partial charge in [0, 0.05) is 19.1 Å². The van der Waals surface area contributed by atoms with Crippen LogP contribution in [-0.4, -0.2) is 40.1 Å². The predicted octanol–water partition coefficient (Wildman–Crippen LogP) is 1.21. The van der Waals surface area contributed by atoms with Gasteiger partial charge in [-0.1, -0.05) is 29.3 Å². The maximum atomic E-state index is 12.1. The molecule has 1 heterocycles. The third-order valence-corrected chi connectivity index (χ3v) is 5.26. The number of hydrogen-bond donors (Lipinski definition) is 3. The number of guanidine groups is 1. The fourth-order valence-electron chi connectivity index (χ4n) is 1.80. The number of benzene rings is 1. The van der Waals surface area contributed by atoms with E-state index >= 15 is 0 Å². The molecule has 21 heavy (non-hydrogen) atoms. The van der Waals surface area contributed by atoms with Gasteiger partial charge in [0.05, 0.1) is 16.6 Å². The number of rotatable bonds is 5. The van der Waals surface area contributed by atoms with Crippen LogP contribution in [0.4, 0.5) is 0 Å². The first kappa shape index (κ1) is 16.4. The van der Waals surface area contributed by atoms with Crippen LogP contribution < -0.4 is 15.4 Å². The van der Waals surface area contributed by atoms with E-state index in [4.69, 9.17) is 23.2 Å². The highest BCUT2D eigenvalue weighted by molar-refractivity contribution is 7.89. The topological polar surface area (TPSA) is 82.6 Å². The summed E-state index contributed by atoms with van der Waals surface area (Å²) in [6.07, 6.45) is 0. The first-order valence-corrected chi connectivity index (χ1v) is 8.62. The van der Waals surface area contributed by atoms with E-state index in [2.05, 4.69) is 20.3 Å². The molecule has 2 rings (SSSR count). The molecule has 9 heteroatoms. The van der Waals surface area contributed by atoms with E-state index < -0.39 is 10.0 Å². The van der Waals surface area contributed by atoms with Crippen molar-refractivity contribution in [3.63, 3.8) is 0 Å². The Morgan fingerprint density at radius 2 is 2.14 bits per heavy atom. The summed E-state index contributed by atoms with van der Waals surface area (Å²) >= 11 is 11.7. The Bertz CT molecular complexity index is 649. The van der Waals surface area contributed by atoms with Crippen LogP contribution in [0.1, 0.15) is 6.92 Å². The monoisotopic (exact) mass is 350 g/mol. The molecule has 1 unspecified atom stereocenters. The van der Waals surface area contributed by atoms with Crippen molar-refractivity contribution in [1.29, 1.82) is 0 Å². The van der Waals surface area contributed by atoms with Crippen LogP contribution in [0.15, 0.2) is 28.1 Å². The van der Waals surface area contributed by atoms with Gasteiger partial charge in [0.25, 0.3) is 0 Å². The van der Waals surface area contributed by atoms with Gasteiger partial charge in [0.15, 0.2) is 5.96 Å². The molecule has 1 aromatic carbocycles. The van der Waals surface area contributed by atoms with E-state index in [-0.39, 0.29) is 21.5 Å². The maximum absolute atomic E-state index is 12.1. The molecule has 0 saturated carbocycles. The van der Waals surface area contributed by atoms with Crippen LogP contribution in [-0.2, 0) is 10.0 Å². The largest absolute Gasteiger partial charge is 0.355 e. The number of halogens is 2. The lowest BCUT2D eigenvalue weighted by Crippen LogP contribution is -2.41. The van der Waals surface area contributed by atoms with Crippen LogP contribution in [0.5, 0.6) is 0 Å². The third-order valence-electron chi connectivity index (χ3n) is 2.82. The van der Waals surface area contributed by atoms with Crippen LogP contribution in [0.25, 0.3) is 0 Å². The van der Waals surface area contributed by atoms with Crippen molar-refractivity contribution in [1.82, 2.24) is 15.4 Å². The van der Waals surface area contributed by atoms with Crippen molar-refractivity contribution < 1.29 is 8.42 Å². The molecular weight excluding hydrogens is 335 g/mol. The molecule has 1 aromatic rings. The van der Waals surface area contributed by atoms with E-state index in [1.54, 1.807) is 6.07 Å². The van der Waals surface area contributed by atoms with Gasteiger partial charge in [-0.25, -0.2) is 13.1 Å². The van der Waals surface area contributed by atoms with Gasteiger partial charge in [0.2, 0.25) is 10.0 Å². The van der Waals surface area contributed by atoms with Gasteiger partial charge in [0.1, 0.15) is 4.90 Å². The molecular formula is C12H16Cl2N4O2S. The van der Waals surface area contributed by atoms with Crippen molar-refractivity contribution >= 4 is 39.2 Å². The summed E-state index contributed by atoms with van der Waals surface area (Å²) in [5.41, 5.74) is 0. The Labute approximate surface area is 134 Å². The van der Waals surface area contributed by atoms with Gasteiger partial charge in [-0.3, -0.25) is 4.99 Å². The molecule has 0 amide bonds. The van der Waals surface area contributed by atoms with E-state index in [1.807, 2.05) is 6.92 Å². The van der Waals surface area contributed by atoms with Crippen molar-refractivity contribution in [3.05, 3.63) is 28.2 Å². The quantitative estimate of drug-likeness (QED) is 0.697. The molecule has 6 nitrogen and oxygen atoms in total. The van der Waals surface area contributed by atoms with Crippen LogP contribution in [0, 0.1) is 0 Å². The number of hydrogen-bond acceptors (Lipinski definition) is 5. The van der Waals surface area contributed by atoms with Crippen LogP contribution in [0.3, 0.4) is 0 Å². The molecule has 116 valence electrons. The zero-order valence-electron chi connectivity index (χ0n) is 11.4. The Balaban J connectivity index is 1.88. The standard InChI is InChI=1S/C12H16Cl2N4O2S/c1-8-7-16-12(18-8)15-5-6-17-21(19,20)10-4-2-3-9(13)11(10)14/h2-4,8,17H,5-7H2,1H3,(H2,15,16,18). The van der Waals surface area contributed by atoms with Crippen molar-refractivity contribution in [2.24, 2.45) is 4.99 Å². The molecule has 1 aliphatic heterocycles. The number of nitrogens with one attached hydrogen (secondary N) is 3. The van der Waals surface area contributed by atoms with E-state index in [1.165, 1.54) is 12.1 Å². The van der Waals surface area contributed by atoms with Gasteiger partial charge in [-0.15, -0.1) is 0 Å². The Morgan fingerprint density at radius 3 is 2.81 bits per heavy atom. The minimum absolute atomic E-state index is 0.0234. The van der Waals surface area contributed by atoms with Crippen molar-refractivity contribution in [2.75, 3.05) is 19.6 Å². The number of aliphatic imine (C=N–C) groups is 1. The predicted molar refractivity (Wildman–Crippen MR) is 84.6 cm³/mol. The summed E-state index contributed by atoms with van der Waals surface area (Å²) in [5, 5.41) is 6.37. The molecule has 0 bridgehead atoms. The highest BCUT2D eigenvalue weighted by Crippen LogP contribution is 2.28. The zero-order valence-corrected chi connectivity index (χ0v) is 13.7. The highest BCUT2D eigenvalue weighted by atomic mass is 35.5. The van der Waals surface area contributed by atoms with E-state index in [0.29, 0.717) is 25.1 Å². The minimum Gasteiger partial charge on any atom is -0.355 e. The Hall–Kier alpha value is -1.02. The summed E-state index contributed by atoms with van der Waals surface area (Å²) in [7, 11) is -3.69. The third kappa shape index (κ3) is 4.23. The normalized spacial score (nSPS) is 18.2.